The Kier molecular flexibility index (Phi) is 18.2. The highest BCUT2D eigenvalue weighted by molar-refractivity contribution is 5.25. The molecule has 2 atom stereocenters. The van der Waals surface area contributed by atoms with Crippen LogP contribution >= 0.6 is 0 Å². The lowest BCUT2D eigenvalue weighted by atomic mass is 9.67. The zero-order valence-corrected chi connectivity index (χ0v) is 36.0. The van der Waals surface area contributed by atoms with Gasteiger partial charge in [-0.1, -0.05) is 141 Å². The lowest BCUT2D eigenvalue weighted by Crippen LogP contribution is -2.32. The summed E-state index contributed by atoms with van der Waals surface area (Å²) in [7, 11) is 0. The van der Waals surface area contributed by atoms with Crippen molar-refractivity contribution >= 4 is 0 Å². The van der Waals surface area contributed by atoms with Crippen LogP contribution in [0.15, 0.2) is 36.4 Å². The Morgan fingerprint density at radius 3 is 1.12 bits per heavy atom. The highest BCUT2D eigenvalue weighted by atomic mass is 19.2. The third-order valence-electron chi connectivity index (χ3n) is 15.9. The molecule has 1 nitrogen and oxygen atoms in total. The van der Waals surface area contributed by atoms with E-state index in [0.717, 1.165) is 75.0 Å². The van der Waals surface area contributed by atoms with E-state index in [-0.39, 0.29) is 23.0 Å². The van der Waals surface area contributed by atoms with E-state index in [1.165, 1.54) is 141 Å². The van der Waals surface area contributed by atoms with E-state index in [0.29, 0.717) is 11.8 Å². The zero-order valence-electron chi connectivity index (χ0n) is 36.0. The predicted octanol–water partition coefficient (Wildman–Crippen LogP) is 17.0. The molecule has 4 aliphatic carbocycles. The zero-order chi connectivity index (χ0) is 40.0. The van der Waals surface area contributed by atoms with Crippen LogP contribution in [0.1, 0.15) is 217 Å². The molecule has 0 aromatic heterocycles. The maximum absolute atomic E-state index is 15.8. The standard InChI is InChI=1S/C52H78F4O/c1-3-5-7-9-11-15-37-21-25-39(26-22-37)41-29-33-43(34-30-41)51(45-17-13-19-47(53)49(45)55)57-52(46-18-14-20-48(54)50(46)56)44-35-31-42(32-36-44)40-27-23-38(24-28-40)16-12-10-8-6-4-2/h13-14,17-20,37-44,51-52H,3-12,15-16,21-36H2,1-2H3/t37-,38-,39-,40-,41-,42-,43-,44-,51?,52?. The topological polar surface area (TPSA) is 9.23 Å². The van der Waals surface area contributed by atoms with Crippen molar-refractivity contribution in [2.75, 3.05) is 0 Å². The molecule has 0 bridgehead atoms. The van der Waals surface area contributed by atoms with E-state index in [9.17, 15) is 8.78 Å². The van der Waals surface area contributed by atoms with Gasteiger partial charge in [-0.05, 0) is 137 Å². The molecule has 2 aromatic carbocycles. The minimum atomic E-state index is -0.878. The highest BCUT2D eigenvalue weighted by Gasteiger charge is 2.41. The van der Waals surface area contributed by atoms with Gasteiger partial charge in [0, 0.05) is 11.1 Å². The van der Waals surface area contributed by atoms with Crippen LogP contribution in [0.5, 0.6) is 0 Å². The van der Waals surface area contributed by atoms with E-state index < -0.39 is 35.5 Å². The molecule has 5 heteroatoms. The van der Waals surface area contributed by atoms with Crippen LogP contribution in [0.25, 0.3) is 0 Å². The molecule has 0 N–H and O–H groups in total. The van der Waals surface area contributed by atoms with Gasteiger partial charge >= 0.3 is 0 Å². The van der Waals surface area contributed by atoms with Gasteiger partial charge in [-0.25, -0.2) is 17.6 Å². The molecule has 0 amide bonds. The molecule has 0 saturated heterocycles. The summed E-state index contributed by atoms with van der Waals surface area (Å²) in [4.78, 5) is 0. The van der Waals surface area contributed by atoms with Crippen molar-refractivity contribution in [3.8, 4) is 0 Å². The average molecular weight is 795 g/mol. The van der Waals surface area contributed by atoms with E-state index in [2.05, 4.69) is 13.8 Å². The SMILES string of the molecule is CCCCCCC[C@H]1CC[C@H]([C@H]2CC[C@H](C(OC(c3cccc(F)c3F)[C@H]3CC[C@H]([C@H]4CC[C@H](CCCCCCC)CC4)CC3)c3cccc(F)c3F)CC2)CC1. The molecule has 4 saturated carbocycles. The quantitative estimate of drug-likeness (QED) is 0.0958. The van der Waals surface area contributed by atoms with Crippen molar-refractivity contribution in [1.29, 1.82) is 0 Å². The van der Waals surface area contributed by atoms with E-state index in [1.54, 1.807) is 24.3 Å². The maximum Gasteiger partial charge on any atom is 0.164 e. The molecular formula is C52H78F4O. The summed E-state index contributed by atoms with van der Waals surface area (Å²) in [6.07, 6.45) is 33.4. The molecule has 4 aliphatic rings. The Hall–Kier alpha value is -1.88. The molecule has 6 rings (SSSR count). The third kappa shape index (κ3) is 12.6. The van der Waals surface area contributed by atoms with E-state index >= 15 is 8.78 Å². The van der Waals surface area contributed by atoms with E-state index in [4.69, 9.17) is 4.74 Å². The first-order valence-electron chi connectivity index (χ1n) is 24.4. The van der Waals surface area contributed by atoms with Crippen LogP contribution in [0, 0.1) is 70.6 Å². The molecule has 0 spiro atoms. The molecular weight excluding hydrogens is 717 g/mol. The molecule has 2 aromatic rings. The number of ether oxygens (including phenoxy) is 1. The minimum absolute atomic E-state index is 0.00528. The molecule has 0 heterocycles. The van der Waals surface area contributed by atoms with Crippen LogP contribution in [0.4, 0.5) is 17.6 Å². The van der Waals surface area contributed by atoms with Gasteiger partial charge in [-0.15, -0.1) is 0 Å². The van der Waals surface area contributed by atoms with Crippen LogP contribution in [0.3, 0.4) is 0 Å². The number of hydrogen-bond donors (Lipinski definition) is 0. The number of hydrogen-bond acceptors (Lipinski definition) is 1. The largest absolute Gasteiger partial charge is 0.365 e. The monoisotopic (exact) mass is 795 g/mol. The van der Waals surface area contributed by atoms with Crippen molar-refractivity contribution in [2.45, 2.75) is 206 Å². The van der Waals surface area contributed by atoms with Crippen LogP contribution in [-0.4, -0.2) is 0 Å². The highest BCUT2D eigenvalue weighted by Crippen LogP contribution is 2.51. The second kappa shape index (κ2) is 23.2. The van der Waals surface area contributed by atoms with Gasteiger partial charge in [-0.2, -0.15) is 0 Å². The summed E-state index contributed by atoms with van der Waals surface area (Å²) in [6, 6.07) is 8.80. The molecule has 2 unspecified atom stereocenters. The molecule has 57 heavy (non-hydrogen) atoms. The number of rotatable bonds is 20. The van der Waals surface area contributed by atoms with Gasteiger partial charge in [-0.3, -0.25) is 0 Å². The fraction of sp³-hybridized carbons (Fsp3) is 0.769. The van der Waals surface area contributed by atoms with Crippen LogP contribution in [-0.2, 0) is 4.74 Å². The van der Waals surface area contributed by atoms with Gasteiger partial charge in [0.05, 0.1) is 12.2 Å². The summed E-state index contributed by atoms with van der Waals surface area (Å²) >= 11 is 0. The Balaban J connectivity index is 1.09. The van der Waals surface area contributed by atoms with Crippen molar-refractivity contribution in [1.82, 2.24) is 0 Å². The number of unbranched alkanes of at least 4 members (excludes halogenated alkanes) is 8. The second-order valence-electron chi connectivity index (χ2n) is 19.6. The van der Waals surface area contributed by atoms with Gasteiger partial charge in [0.1, 0.15) is 0 Å². The Bertz CT molecular complexity index is 1320. The smallest absolute Gasteiger partial charge is 0.164 e. The first-order valence-corrected chi connectivity index (χ1v) is 24.4. The Morgan fingerprint density at radius 2 is 0.772 bits per heavy atom. The van der Waals surface area contributed by atoms with Crippen molar-refractivity contribution in [3.63, 3.8) is 0 Å². The van der Waals surface area contributed by atoms with Crippen molar-refractivity contribution in [2.24, 2.45) is 47.3 Å². The van der Waals surface area contributed by atoms with Gasteiger partial charge in [0.15, 0.2) is 23.3 Å². The summed E-state index contributed by atoms with van der Waals surface area (Å²) in [6.45, 7) is 4.55. The van der Waals surface area contributed by atoms with Crippen molar-refractivity contribution < 1.29 is 22.3 Å². The normalized spacial score (nSPS) is 29.6. The van der Waals surface area contributed by atoms with Gasteiger partial charge in [0.25, 0.3) is 0 Å². The minimum Gasteiger partial charge on any atom is -0.365 e. The fourth-order valence-electron chi connectivity index (χ4n) is 12.3. The summed E-state index contributed by atoms with van der Waals surface area (Å²) < 4.78 is 68.5. The van der Waals surface area contributed by atoms with E-state index in [1.807, 2.05) is 0 Å². The van der Waals surface area contributed by atoms with Gasteiger partial charge in [0.2, 0.25) is 0 Å². The lowest BCUT2D eigenvalue weighted by Gasteiger charge is -2.43. The maximum atomic E-state index is 15.8. The third-order valence-corrected chi connectivity index (χ3v) is 15.9. The van der Waals surface area contributed by atoms with Crippen molar-refractivity contribution in [3.05, 3.63) is 70.8 Å². The molecule has 0 aliphatic heterocycles. The Labute approximate surface area is 345 Å². The Morgan fingerprint density at radius 1 is 0.439 bits per heavy atom. The van der Waals surface area contributed by atoms with Crippen LogP contribution < -0.4 is 0 Å². The molecule has 320 valence electrons. The molecule has 0 radical (unpaired) electrons. The molecule has 4 fully saturated rings. The lowest BCUT2D eigenvalue weighted by molar-refractivity contribution is -0.0962. The number of halogens is 4. The number of benzene rings is 2. The predicted molar refractivity (Wildman–Crippen MR) is 228 cm³/mol. The summed E-state index contributed by atoms with van der Waals surface area (Å²) in [5.41, 5.74) is 0.464. The average Bonchev–Trinajstić information content (AvgIpc) is 3.24. The fourth-order valence-corrected chi connectivity index (χ4v) is 12.3. The van der Waals surface area contributed by atoms with Crippen LogP contribution in [0.2, 0.25) is 0 Å². The first kappa shape index (κ1) is 44.7. The summed E-state index contributed by atoms with van der Waals surface area (Å²) in [5.74, 6) is 1.10. The first-order chi connectivity index (χ1) is 27.9. The van der Waals surface area contributed by atoms with Gasteiger partial charge < -0.3 is 4.74 Å². The second-order valence-corrected chi connectivity index (χ2v) is 19.6. The summed E-state index contributed by atoms with van der Waals surface area (Å²) in [5, 5.41) is 0.